The molecule has 3 saturated carbocycles. The van der Waals surface area contributed by atoms with Gasteiger partial charge in [-0.25, -0.2) is 0 Å². The zero-order chi connectivity index (χ0) is 15.4. The summed E-state index contributed by atoms with van der Waals surface area (Å²) in [6.07, 6.45) is 15.6. The Morgan fingerprint density at radius 1 is 1.09 bits per heavy atom. The van der Waals surface area contributed by atoms with E-state index in [2.05, 4.69) is 36.6 Å². The van der Waals surface area contributed by atoms with Gasteiger partial charge < -0.3 is 11.0 Å². The summed E-state index contributed by atoms with van der Waals surface area (Å²) in [6, 6.07) is 0.390. The molecule has 3 fully saturated rings. The quantitative estimate of drug-likeness (QED) is 0.431. The van der Waals surface area contributed by atoms with Gasteiger partial charge in [0.05, 0.1) is 0 Å². The lowest BCUT2D eigenvalue weighted by atomic mass is 9.45. The zero-order valence-corrected chi connectivity index (χ0v) is 14.1. The topological polar surface area (TPSA) is 46.7 Å². The molecule has 0 heterocycles. The van der Waals surface area contributed by atoms with Crippen molar-refractivity contribution < 1.29 is 0 Å². The summed E-state index contributed by atoms with van der Waals surface area (Å²) < 4.78 is 0. The van der Waals surface area contributed by atoms with Crippen LogP contribution in [0.4, 0.5) is 0 Å². The van der Waals surface area contributed by atoms with Crippen molar-refractivity contribution in [1.82, 2.24) is 5.43 Å². The van der Waals surface area contributed by atoms with E-state index in [1.807, 2.05) is 0 Å². The lowest BCUT2D eigenvalue weighted by molar-refractivity contribution is -0.101. The second-order valence-corrected chi connectivity index (χ2v) is 9.04. The van der Waals surface area contributed by atoms with Gasteiger partial charge in [-0.05, 0) is 91.9 Å². The average molecular weight is 300 g/mol. The first kappa shape index (κ1) is 14.7. The van der Waals surface area contributed by atoms with Crippen molar-refractivity contribution in [3.8, 4) is 0 Å². The summed E-state index contributed by atoms with van der Waals surface area (Å²) in [4.78, 5) is 0. The molecule has 0 aromatic carbocycles. The third-order valence-electron chi connectivity index (χ3n) is 8.23. The Bertz CT molecular complexity index is 487. The lowest BCUT2D eigenvalue weighted by Crippen LogP contribution is -2.54. The van der Waals surface area contributed by atoms with E-state index in [0.717, 1.165) is 23.7 Å². The standard InChI is InChI=1S/C19H30N3/c1-18-9-3-4-16(18)15-6-5-13-12-14(21-22-20)7-11-19(13,2)17(15)8-10-18/h3,9,13-17H,4-8,10-12H2,1-2H3,(H-,20,21)/q-1/t13-,14+,15-,16-,17+,18-,19-/m0/s1. The highest BCUT2D eigenvalue weighted by atomic mass is 15.4. The van der Waals surface area contributed by atoms with Crippen LogP contribution in [-0.2, 0) is 0 Å². The van der Waals surface area contributed by atoms with Gasteiger partial charge in [0, 0.05) is 0 Å². The zero-order valence-electron chi connectivity index (χ0n) is 14.1. The van der Waals surface area contributed by atoms with Crippen LogP contribution in [0.15, 0.2) is 17.4 Å². The van der Waals surface area contributed by atoms with E-state index in [-0.39, 0.29) is 0 Å². The molecule has 0 saturated heterocycles. The monoisotopic (exact) mass is 300 g/mol. The van der Waals surface area contributed by atoms with Gasteiger partial charge in [-0.1, -0.05) is 26.0 Å². The molecule has 0 aromatic rings. The van der Waals surface area contributed by atoms with E-state index in [0.29, 0.717) is 16.9 Å². The molecule has 3 nitrogen and oxygen atoms in total. The van der Waals surface area contributed by atoms with Crippen molar-refractivity contribution in [2.75, 3.05) is 0 Å². The van der Waals surface area contributed by atoms with Crippen LogP contribution in [0.5, 0.6) is 0 Å². The molecule has 4 aliphatic carbocycles. The first-order chi connectivity index (χ1) is 10.6. The predicted molar refractivity (Wildman–Crippen MR) is 89.0 cm³/mol. The molecule has 0 bridgehead atoms. The van der Waals surface area contributed by atoms with E-state index >= 15 is 0 Å². The van der Waals surface area contributed by atoms with Gasteiger partial charge in [-0.15, -0.1) is 0 Å². The van der Waals surface area contributed by atoms with Crippen LogP contribution in [-0.4, -0.2) is 6.04 Å². The minimum atomic E-state index is 0.390. The molecule has 122 valence electrons. The van der Waals surface area contributed by atoms with E-state index < -0.39 is 0 Å². The van der Waals surface area contributed by atoms with E-state index in [1.54, 1.807) is 0 Å². The van der Waals surface area contributed by atoms with Crippen LogP contribution in [0.1, 0.15) is 65.2 Å². The number of fused-ring (bicyclic) bond motifs is 5. The fourth-order valence-electron chi connectivity index (χ4n) is 6.94. The first-order valence-electron chi connectivity index (χ1n) is 9.34. The Labute approximate surface area is 134 Å². The number of nitrogens with one attached hydrogen (secondary N) is 1. The normalized spacial score (nSPS) is 53.3. The van der Waals surface area contributed by atoms with Crippen LogP contribution in [0, 0.1) is 34.5 Å². The van der Waals surface area contributed by atoms with Crippen LogP contribution in [0.2, 0.25) is 0 Å². The number of hydrogen-bond acceptors (Lipinski definition) is 1. The molecule has 3 heteroatoms. The van der Waals surface area contributed by atoms with Gasteiger partial charge in [0.1, 0.15) is 0 Å². The highest BCUT2D eigenvalue weighted by Gasteiger charge is 2.56. The smallest absolute Gasteiger partial charge is 0.0112 e. The van der Waals surface area contributed by atoms with Gasteiger partial charge in [-0.2, -0.15) is 0 Å². The second-order valence-electron chi connectivity index (χ2n) is 9.04. The number of rotatable bonds is 2. The van der Waals surface area contributed by atoms with Crippen molar-refractivity contribution in [2.45, 2.75) is 71.3 Å². The Hall–Kier alpha value is -0.860. The fourth-order valence-corrected chi connectivity index (χ4v) is 6.94. The maximum absolute atomic E-state index is 8.80. The fraction of sp³-hybridized carbons (Fsp3) is 0.895. The third kappa shape index (κ3) is 2.00. The minimum Gasteiger partial charge on any atom is -0.411 e. The molecule has 0 radical (unpaired) electrons. The molecule has 0 aromatic heterocycles. The Morgan fingerprint density at radius 2 is 1.95 bits per heavy atom. The lowest BCUT2D eigenvalue weighted by Gasteiger charge is -2.61. The molecular weight excluding hydrogens is 270 g/mol. The maximum Gasteiger partial charge on any atom is -0.0112 e. The third-order valence-corrected chi connectivity index (χ3v) is 8.23. The van der Waals surface area contributed by atoms with Crippen molar-refractivity contribution in [1.29, 1.82) is 0 Å². The summed E-state index contributed by atoms with van der Waals surface area (Å²) in [5.74, 6) is 3.60. The van der Waals surface area contributed by atoms with Gasteiger partial charge in [-0.3, -0.25) is 5.22 Å². The molecule has 4 aliphatic rings. The van der Waals surface area contributed by atoms with Crippen molar-refractivity contribution in [3.05, 3.63) is 17.7 Å². The van der Waals surface area contributed by atoms with Gasteiger partial charge in [0.2, 0.25) is 0 Å². The van der Waals surface area contributed by atoms with Gasteiger partial charge in [0.25, 0.3) is 0 Å². The Morgan fingerprint density at radius 3 is 2.77 bits per heavy atom. The number of allylic oxidation sites excluding steroid dienone is 2. The van der Waals surface area contributed by atoms with E-state index in [4.69, 9.17) is 5.53 Å². The summed E-state index contributed by atoms with van der Waals surface area (Å²) >= 11 is 0. The summed E-state index contributed by atoms with van der Waals surface area (Å²) in [5, 5.41) is 3.20. The molecule has 7 atom stereocenters. The Balaban J connectivity index is 1.56. The van der Waals surface area contributed by atoms with Crippen LogP contribution >= 0.6 is 0 Å². The maximum atomic E-state index is 8.80. The average Bonchev–Trinajstić information content (AvgIpc) is 2.89. The molecule has 4 rings (SSSR count). The number of nitrogens with zero attached hydrogens (tertiary/aromatic N) is 2. The number of hydrogen-bond donors (Lipinski definition) is 1. The molecule has 22 heavy (non-hydrogen) atoms. The molecule has 0 unspecified atom stereocenters. The van der Waals surface area contributed by atoms with Crippen molar-refractivity contribution in [2.24, 2.45) is 39.7 Å². The summed E-state index contributed by atoms with van der Waals surface area (Å²) in [6.45, 7) is 5.10. The van der Waals surface area contributed by atoms with Gasteiger partial charge in [0.15, 0.2) is 0 Å². The molecule has 0 spiro atoms. The van der Waals surface area contributed by atoms with E-state index in [1.165, 1.54) is 51.4 Å². The first-order valence-corrected chi connectivity index (χ1v) is 9.34. The molecule has 1 N–H and O–H groups in total. The van der Waals surface area contributed by atoms with Crippen molar-refractivity contribution >= 4 is 0 Å². The van der Waals surface area contributed by atoms with Crippen LogP contribution in [0.3, 0.4) is 0 Å². The highest BCUT2D eigenvalue weighted by molar-refractivity contribution is 5.16. The van der Waals surface area contributed by atoms with Crippen LogP contribution < -0.4 is 5.43 Å². The largest absolute Gasteiger partial charge is 0.411 e. The second kappa shape index (κ2) is 5.07. The molecule has 0 amide bonds. The van der Waals surface area contributed by atoms with Crippen LogP contribution in [0.25, 0.3) is 5.53 Å². The Kier molecular flexibility index (Phi) is 3.39. The predicted octanol–water partition coefficient (Wildman–Crippen LogP) is 5.09. The summed E-state index contributed by atoms with van der Waals surface area (Å²) in [7, 11) is 0. The minimum absolute atomic E-state index is 0.390. The highest BCUT2D eigenvalue weighted by Crippen LogP contribution is 2.64. The molecular formula is C19H30N3-. The van der Waals surface area contributed by atoms with Gasteiger partial charge >= 0.3 is 0 Å². The summed E-state index contributed by atoms with van der Waals surface area (Å²) in [5.41, 5.74) is 12.8. The van der Waals surface area contributed by atoms with E-state index in [9.17, 15) is 0 Å². The van der Waals surface area contributed by atoms with Crippen molar-refractivity contribution in [3.63, 3.8) is 0 Å². The molecule has 0 aliphatic heterocycles. The SMILES string of the molecule is C[C@]12CC[C@@H](NN=[N-])C[C@@H]1CC[C@@H]1[C@H]2CC[C@]2(C)C=CC[C@@H]12.